The second kappa shape index (κ2) is 6.46. The van der Waals surface area contributed by atoms with E-state index in [-0.39, 0.29) is 4.90 Å². The highest BCUT2D eigenvalue weighted by atomic mass is 32.2. The highest BCUT2D eigenvalue weighted by Gasteiger charge is 2.22. The van der Waals surface area contributed by atoms with Crippen LogP contribution in [-0.4, -0.2) is 15.5 Å². The van der Waals surface area contributed by atoms with Crippen LogP contribution in [0, 0.1) is 0 Å². The summed E-state index contributed by atoms with van der Waals surface area (Å²) in [5.74, 6) is 0.791. The maximum absolute atomic E-state index is 12.5. The highest BCUT2D eigenvalue weighted by molar-refractivity contribution is 7.89. The van der Waals surface area contributed by atoms with Crippen molar-refractivity contribution in [3.63, 3.8) is 0 Å². The minimum atomic E-state index is -3.53. The van der Waals surface area contributed by atoms with Crippen LogP contribution in [0.15, 0.2) is 65.2 Å². The van der Waals surface area contributed by atoms with Crippen LogP contribution in [0.5, 0.6) is 5.75 Å². The summed E-state index contributed by atoms with van der Waals surface area (Å²) in [6.45, 7) is 0. The number of benzene rings is 2. The van der Waals surface area contributed by atoms with Gasteiger partial charge in [-0.3, -0.25) is 4.72 Å². The largest absolute Gasteiger partial charge is 0.497 e. The van der Waals surface area contributed by atoms with Gasteiger partial charge in [0.2, 0.25) is 0 Å². The molecule has 0 radical (unpaired) electrons. The average molecular weight is 329 g/mol. The third kappa shape index (κ3) is 3.40. The van der Waals surface area contributed by atoms with Crippen molar-refractivity contribution in [3.05, 3.63) is 65.9 Å². The van der Waals surface area contributed by atoms with Gasteiger partial charge >= 0.3 is 0 Å². The fourth-order valence-corrected chi connectivity index (χ4v) is 3.97. The number of rotatable bonds is 5. The number of hydrogen-bond donors (Lipinski definition) is 1. The first-order valence-corrected chi connectivity index (χ1v) is 9.03. The van der Waals surface area contributed by atoms with Crippen LogP contribution in [0.25, 0.3) is 5.57 Å². The van der Waals surface area contributed by atoms with Crippen molar-refractivity contribution in [1.29, 1.82) is 0 Å². The average Bonchev–Trinajstić information content (AvgIpc) is 3.03. The molecule has 23 heavy (non-hydrogen) atoms. The van der Waals surface area contributed by atoms with Crippen molar-refractivity contribution in [2.75, 3.05) is 7.11 Å². The Morgan fingerprint density at radius 2 is 1.65 bits per heavy atom. The molecule has 1 N–H and O–H groups in total. The van der Waals surface area contributed by atoms with Gasteiger partial charge in [0.1, 0.15) is 5.75 Å². The molecule has 2 aromatic rings. The molecule has 0 spiro atoms. The maximum Gasteiger partial charge on any atom is 0.261 e. The minimum absolute atomic E-state index is 0.286. The second-order valence-electron chi connectivity index (χ2n) is 5.46. The Hall–Kier alpha value is -2.27. The molecule has 0 amide bonds. The lowest BCUT2D eigenvalue weighted by Crippen LogP contribution is -2.23. The SMILES string of the molecule is COc1ccc(C2=C(NS(=O)(=O)c3ccccc3)CCC2)cc1. The lowest BCUT2D eigenvalue weighted by atomic mass is 10.0. The van der Waals surface area contributed by atoms with Crippen molar-refractivity contribution >= 4 is 15.6 Å². The van der Waals surface area contributed by atoms with E-state index in [4.69, 9.17) is 4.74 Å². The zero-order valence-electron chi connectivity index (χ0n) is 13.0. The van der Waals surface area contributed by atoms with E-state index in [2.05, 4.69) is 4.72 Å². The van der Waals surface area contributed by atoms with Crippen molar-refractivity contribution in [3.8, 4) is 5.75 Å². The second-order valence-corrected chi connectivity index (χ2v) is 7.14. The lowest BCUT2D eigenvalue weighted by molar-refractivity contribution is 0.415. The van der Waals surface area contributed by atoms with Crippen molar-refractivity contribution in [1.82, 2.24) is 4.72 Å². The van der Waals surface area contributed by atoms with Gasteiger partial charge in [0.05, 0.1) is 12.0 Å². The van der Waals surface area contributed by atoms with Crippen molar-refractivity contribution in [2.45, 2.75) is 24.2 Å². The van der Waals surface area contributed by atoms with Gasteiger partial charge in [-0.25, -0.2) is 8.42 Å². The molecule has 0 saturated heterocycles. The fraction of sp³-hybridized carbons (Fsp3) is 0.222. The zero-order chi connectivity index (χ0) is 16.3. The van der Waals surface area contributed by atoms with Gasteiger partial charge < -0.3 is 4.74 Å². The number of sulfonamides is 1. The molecule has 0 fully saturated rings. The molecular weight excluding hydrogens is 310 g/mol. The topological polar surface area (TPSA) is 55.4 Å². The fourth-order valence-electron chi connectivity index (χ4n) is 2.79. The first-order chi connectivity index (χ1) is 11.1. The molecule has 3 rings (SSSR count). The third-order valence-electron chi connectivity index (χ3n) is 3.97. The summed E-state index contributed by atoms with van der Waals surface area (Å²) in [6.07, 6.45) is 2.57. The van der Waals surface area contributed by atoms with Gasteiger partial charge in [-0.1, -0.05) is 30.3 Å². The van der Waals surface area contributed by atoms with Crippen molar-refractivity contribution in [2.24, 2.45) is 0 Å². The van der Waals surface area contributed by atoms with Gasteiger partial charge in [-0.2, -0.15) is 0 Å². The van der Waals surface area contributed by atoms with Crippen LogP contribution in [0.4, 0.5) is 0 Å². The van der Waals surface area contributed by atoms with Crippen LogP contribution in [0.3, 0.4) is 0 Å². The van der Waals surface area contributed by atoms with Crippen molar-refractivity contribution < 1.29 is 13.2 Å². The Kier molecular flexibility index (Phi) is 4.39. The smallest absolute Gasteiger partial charge is 0.261 e. The molecule has 1 aliphatic carbocycles. The van der Waals surface area contributed by atoms with E-state index in [0.29, 0.717) is 0 Å². The molecule has 120 valence electrons. The minimum Gasteiger partial charge on any atom is -0.497 e. The van der Waals surface area contributed by atoms with Gasteiger partial charge in [0.15, 0.2) is 0 Å². The number of hydrogen-bond acceptors (Lipinski definition) is 3. The van der Waals surface area contributed by atoms with Crippen LogP contribution in [0.1, 0.15) is 24.8 Å². The molecule has 4 nitrogen and oxygen atoms in total. The van der Waals surface area contributed by atoms with Gasteiger partial charge in [-0.15, -0.1) is 0 Å². The number of ether oxygens (including phenoxy) is 1. The van der Waals surface area contributed by atoms with Gasteiger partial charge in [0.25, 0.3) is 10.0 Å². The van der Waals surface area contributed by atoms with E-state index in [1.54, 1.807) is 37.4 Å². The number of allylic oxidation sites excluding steroid dienone is 2. The first-order valence-electron chi connectivity index (χ1n) is 7.54. The molecule has 5 heteroatoms. The summed E-state index contributed by atoms with van der Waals surface area (Å²) < 4.78 is 32.9. The highest BCUT2D eigenvalue weighted by Crippen LogP contribution is 2.34. The van der Waals surface area contributed by atoms with Crippen LogP contribution >= 0.6 is 0 Å². The van der Waals surface area contributed by atoms with Crippen LogP contribution in [0.2, 0.25) is 0 Å². The van der Waals surface area contributed by atoms with E-state index in [1.807, 2.05) is 24.3 Å². The van der Waals surface area contributed by atoms with E-state index in [0.717, 1.165) is 41.8 Å². The lowest BCUT2D eigenvalue weighted by Gasteiger charge is -2.12. The summed E-state index contributed by atoms with van der Waals surface area (Å²) in [5.41, 5.74) is 2.89. The van der Waals surface area contributed by atoms with E-state index in [1.165, 1.54) is 0 Å². The summed E-state index contributed by atoms with van der Waals surface area (Å²) in [6, 6.07) is 16.2. The summed E-state index contributed by atoms with van der Waals surface area (Å²) in [4.78, 5) is 0.286. The summed E-state index contributed by atoms with van der Waals surface area (Å²) in [5, 5.41) is 0. The molecule has 0 atom stereocenters. The molecule has 0 unspecified atom stereocenters. The van der Waals surface area contributed by atoms with E-state index >= 15 is 0 Å². The Balaban J connectivity index is 1.90. The van der Waals surface area contributed by atoms with E-state index < -0.39 is 10.0 Å². The zero-order valence-corrected chi connectivity index (χ0v) is 13.8. The molecule has 0 heterocycles. The molecule has 1 aliphatic rings. The monoisotopic (exact) mass is 329 g/mol. The van der Waals surface area contributed by atoms with Crippen LogP contribution < -0.4 is 9.46 Å². The normalized spacial score (nSPS) is 14.8. The Labute approximate surface area is 136 Å². The van der Waals surface area contributed by atoms with Gasteiger partial charge in [-0.05, 0) is 54.7 Å². The standard InChI is InChI=1S/C18H19NO3S/c1-22-15-12-10-14(11-13-15)17-8-5-9-18(17)19-23(20,21)16-6-3-2-4-7-16/h2-4,6-7,10-13,19H,5,8-9H2,1H3. The molecule has 0 aromatic heterocycles. The Bertz CT molecular complexity index is 809. The maximum atomic E-state index is 12.5. The molecular formula is C18H19NO3S. The summed E-state index contributed by atoms with van der Waals surface area (Å²) >= 11 is 0. The molecule has 2 aromatic carbocycles. The van der Waals surface area contributed by atoms with Crippen LogP contribution in [-0.2, 0) is 10.0 Å². The molecule has 0 saturated carbocycles. The molecule has 0 bridgehead atoms. The predicted octanol–water partition coefficient (Wildman–Crippen LogP) is 3.57. The predicted molar refractivity (Wildman–Crippen MR) is 90.5 cm³/mol. The number of methoxy groups -OCH3 is 1. The molecule has 0 aliphatic heterocycles. The number of nitrogens with one attached hydrogen (secondary N) is 1. The summed E-state index contributed by atoms with van der Waals surface area (Å²) in [7, 11) is -1.90. The quantitative estimate of drug-likeness (QED) is 0.912. The first kappa shape index (κ1) is 15.6. The van der Waals surface area contributed by atoms with Gasteiger partial charge in [0, 0.05) is 5.70 Å². The Morgan fingerprint density at radius 3 is 2.30 bits per heavy atom. The van der Waals surface area contributed by atoms with E-state index in [9.17, 15) is 8.42 Å². The Morgan fingerprint density at radius 1 is 0.957 bits per heavy atom. The third-order valence-corrected chi connectivity index (χ3v) is 5.38.